The summed E-state index contributed by atoms with van der Waals surface area (Å²) in [6.07, 6.45) is -4.52. The Morgan fingerprint density at radius 1 is 0.415 bits per heavy atom. The molecule has 0 spiro atoms. The van der Waals surface area contributed by atoms with Gasteiger partial charge in [0.15, 0.2) is 0 Å². The third-order valence-corrected chi connectivity index (χ3v) is 6.37. The van der Waals surface area contributed by atoms with Gasteiger partial charge in [0.1, 0.15) is 37.1 Å². The second kappa shape index (κ2) is 20.8. The van der Waals surface area contributed by atoms with Crippen LogP contribution in [0.25, 0.3) is 0 Å². The Hall–Kier alpha value is -6.72. The predicted molar refractivity (Wildman–Crippen MR) is 174 cm³/mol. The van der Waals surface area contributed by atoms with E-state index in [-0.39, 0.29) is 16.7 Å². The molecule has 3 aromatic carbocycles. The molecule has 0 aliphatic rings. The fourth-order valence-electron chi connectivity index (χ4n) is 3.82. The molecule has 0 aromatic heterocycles. The molecule has 0 radical (unpaired) electrons. The first kappa shape index (κ1) is 40.7. The maximum Gasteiger partial charge on any atom is 0.549 e. The zero-order valence-electron chi connectivity index (χ0n) is 29.0. The van der Waals surface area contributed by atoms with Crippen molar-refractivity contribution in [2.45, 2.75) is 27.7 Å². The number of carbonyl (C=O) groups excluding carboxylic acids is 6. The van der Waals surface area contributed by atoms with Crippen LogP contribution < -0.4 is 14.2 Å². The number of carbonyl (C=O) groups is 6. The van der Waals surface area contributed by atoms with Crippen molar-refractivity contribution in [1.29, 1.82) is 0 Å². The molecule has 0 atom stereocenters. The highest BCUT2D eigenvalue weighted by Gasteiger charge is 2.33. The van der Waals surface area contributed by atoms with Crippen molar-refractivity contribution >= 4 is 36.4 Å². The van der Waals surface area contributed by atoms with Gasteiger partial charge < -0.3 is 28.4 Å². The Labute approximate surface area is 302 Å². The summed E-state index contributed by atoms with van der Waals surface area (Å²) in [4.78, 5) is 100. The second-order valence-electron chi connectivity index (χ2n) is 10.7. The third kappa shape index (κ3) is 14.2. The Balaban J connectivity index is 1.55. The molecule has 0 N–H and O–H groups in total. The minimum atomic E-state index is -1.59. The van der Waals surface area contributed by atoms with Crippen molar-refractivity contribution in [2.24, 2.45) is 5.41 Å². The number of hydrogen-bond acceptors (Lipinski definition) is 18. The minimum Gasteiger partial charge on any atom is -0.494 e. The Kier molecular flexibility index (Phi) is 16.0. The van der Waals surface area contributed by atoms with E-state index in [1.165, 1.54) is 79.7 Å². The van der Waals surface area contributed by atoms with Gasteiger partial charge >= 0.3 is 36.4 Å². The normalized spacial score (nSPS) is 10.4. The molecule has 18 nitrogen and oxygen atoms in total. The minimum absolute atomic E-state index is 0.0244. The van der Waals surface area contributed by atoms with Gasteiger partial charge in [-0.1, -0.05) is 0 Å². The molecule has 0 aliphatic heterocycles. The van der Waals surface area contributed by atoms with E-state index in [2.05, 4.69) is 29.3 Å². The van der Waals surface area contributed by atoms with Crippen LogP contribution in [0.3, 0.4) is 0 Å². The van der Waals surface area contributed by atoms with E-state index >= 15 is 0 Å². The summed E-state index contributed by atoms with van der Waals surface area (Å²) in [5.41, 5.74) is -1.52. The maximum absolute atomic E-state index is 12.2. The monoisotopic (exact) mass is 744 g/mol. The predicted octanol–water partition coefficient (Wildman–Crippen LogP) is 5.96. The first-order valence-corrected chi connectivity index (χ1v) is 15.8. The lowest BCUT2D eigenvalue weighted by molar-refractivity contribution is -0.216. The molecule has 0 heterocycles. The number of rotatable bonds is 15. The standard InChI is InChI=1S/C35H36O18/c1-5-42-26-14-8-23(9-15-26)29(36)48-51-32(39)45-20-35(4,21-46-33(40)52-49-30(37)24-10-16-27(17-11-24)43-6-2)22-47-34(41)53-50-31(38)25-12-18-28(19-13-25)44-7-3/h8-19H,5-7,20-22H2,1-4H3. The van der Waals surface area contributed by atoms with E-state index in [0.717, 1.165) is 0 Å². The summed E-state index contributed by atoms with van der Waals surface area (Å²) in [7, 11) is 0. The zero-order chi connectivity index (χ0) is 38.6. The zero-order valence-corrected chi connectivity index (χ0v) is 29.0. The highest BCUT2D eigenvalue weighted by atomic mass is 17.2. The van der Waals surface area contributed by atoms with E-state index in [9.17, 15) is 28.8 Å². The number of benzene rings is 3. The quantitative estimate of drug-likeness (QED) is 0.0759. The smallest absolute Gasteiger partial charge is 0.494 e. The summed E-state index contributed by atoms with van der Waals surface area (Å²) in [5, 5.41) is 0. The SMILES string of the molecule is CCOc1ccc(C(=O)OOC(=O)OCC(C)(COC(=O)OOC(=O)c2ccc(OCC)cc2)COC(=O)OOC(=O)c2ccc(OCC)cc2)cc1. The van der Waals surface area contributed by atoms with Gasteiger partial charge in [-0.3, -0.25) is 0 Å². The van der Waals surface area contributed by atoms with E-state index in [1.54, 1.807) is 20.8 Å². The molecule has 3 aromatic rings. The summed E-state index contributed by atoms with van der Waals surface area (Å²) < 4.78 is 30.8. The first-order chi connectivity index (χ1) is 25.4. The van der Waals surface area contributed by atoms with Gasteiger partial charge in [-0.05, 0) is 100 Å². The molecule has 284 valence electrons. The van der Waals surface area contributed by atoms with E-state index < -0.39 is 61.6 Å². The molecule has 0 unspecified atom stereocenters. The van der Waals surface area contributed by atoms with Crippen molar-refractivity contribution in [3.63, 3.8) is 0 Å². The van der Waals surface area contributed by atoms with Crippen molar-refractivity contribution < 1.29 is 86.5 Å². The van der Waals surface area contributed by atoms with Crippen LogP contribution in [0.2, 0.25) is 0 Å². The lowest BCUT2D eigenvalue weighted by Crippen LogP contribution is -2.37. The van der Waals surface area contributed by atoms with Gasteiger partial charge in [-0.2, -0.15) is 14.4 Å². The fourth-order valence-corrected chi connectivity index (χ4v) is 3.82. The first-order valence-electron chi connectivity index (χ1n) is 15.8. The van der Waals surface area contributed by atoms with Gasteiger partial charge in [-0.25, -0.2) is 43.7 Å². The lowest BCUT2D eigenvalue weighted by Gasteiger charge is -2.26. The van der Waals surface area contributed by atoms with Crippen LogP contribution in [-0.2, 0) is 43.5 Å². The topological polar surface area (TPSA) is 213 Å². The molecule has 18 heteroatoms. The molecule has 0 aliphatic carbocycles. The molecule has 3 rings (SSSR count). The van der Waals surface area contributed by atoms with Gasteiger partial charge in [0, 0.05) is 0 Å². The van der Waals surface area contributed by atoms with Crippen molar-refractivity contribution in [3.05, 3.63) is 89.5 Å². The van der Waals surface area contributed by atoms with Crippen LogP contribution >= 0.6 is 0 Å². The fraction of sp³-hybridized carbons (Fsp3) is 0.314. The van der Waals surface area contributed by atoms with Crippen molar-refractivity contribution in [3.8, 4) is 17.2 Å². The largest absolute Gasteiger partial charge is 0.549 e. The molecule has 0 amide bonds. The number of hydrogen-bond donors (Lipinski definition) is 0. The van der Waals surface area contributed by atoms with Crippen LogP contribution in [0, 0.1) is 5.41 Å². The van der Waals surface area contributed by atoms with Crippen LogP contribution in [0.1, 0.15) is 58.8 Å². The van der Waals surface area contributed by atoms with Gasteiger partial charge in [-0.15, -0.1) is 0 Å². The lowest BCUT2D eigenvalue weighted by atomic mass is 9.94. The van der Waals surface area contributed by atoms with Gasteiger partial charge in [0.2, 0.25) is 0 Å². The Bertz CT molecular complexity index is 1470. The molecule has 0 bridgehead atoms. The maximum atomic E-state index is 12.2. The van der Waals surface area contributed by atoms with Crippen LogP contribution in [0.5, 0.6) is 17.2 Å². The van der Waals surface area contributed by atoms with Crippen LogP contribution in [-0.4, -0.2) is 76.0 Å². The number of ether oxygens (including phenoxy) is 6. The van der Waals surface area contributed by atoms with Crippen LogP contribution in [0.4, 0.5) is 14.4 Å². The summed E-state index contributed by atoms with van der Waals surface area (Å²) in [5.74, 6) is -1.62. The summed E-state index contributed by atoms with van der Waals surface area (Å²) in [6, 6.07) is 17.2. The molecule has 53 heavy (non-hydrogen) atoms. The summed E-state index contributed by atoms with van der Waals surface area (Å²) >= 11 is 0. The van der Waals surface area contributed by atoms with E-state index in [4.69, 9.17) is 28.4 Å². The second-order valence-corrected chi connectivity index (χ2v) is 10.7. The Morgan fingerprint density at radius 3 is 0.887 bits per heavy atom. The summed E-state index contributed by atoms with van der Waals surface area (Å²) in [6.45, 7) is 5.78. The molecule has 0 saturated carbocycles. The molecular formula is C35H36O18. The average molecular weight is 745 g/mol. The molecular weight excluding hydrogens is 708 g/mol. The molecule has 0 fully saturated rings. The highest BCUT2D eigenvalue weighted by Crippen LogP contribution is 2.21. The van der Waals surface area contributed by atoms with Gasteiger partial charge in [0.05, 0.1) is 41.9 Å². The van der Waals surface area contributed by atoms with Crippen LogP contribution in [0.15, 0.2) is 72.8 Å². The van der Waals surface area contributed by atoms with E-state index in [0.29, 0.717) is 37.1 Å². The third-order valence-electron chi connectivity index (χ3n) is 6.37. The highest BCUT2D eigenvalue weighted by molar-refractivity contribution is 5.90. The van der Waals surface area contributed by atoms with E-state index in [1.807, 2.05) is 0 Å². The van der Waals surface area contributed by atoms with Crippen molar-refractivity contribution in [1.82, 2.24) is 0 Å². The average Bonchev–Trinajstić information content (AvgIpc) is 3.17. The van der Waals surface area contributed by atoms with Crippen molar-refractivity contribution in [2.75, 3.05) is 39.6 Å². The Morgan fingerprint density at radius 2 is 0.660 bits per heavy atom. The molecule has 0 saturated heterocycles. The van der Waals surface area contributed by atoms with Gasteiger partial charge in [0.25, 0.3) is 0 Å².